The predicted octanol–water partition coefficient (Wildman–Crippen LogP) is -0.967. The third kappa shape index (κ3) is 6.90. The molecule has 0 radical (unpaired) electrons. The molecule has 1 amide bonds. The molecule has 30 heavy (non-hydrogen) atoms. The number of amides is 1. The SMILES string of the molecule is COc1ccc(C=Cc2sc3ccccc3[n+]2CC(=O)NCCS(=O)(=O)[O-])cc1.[Na+]. The largest absolute Gasteiger partial charge is 1.00 e. The van der Waals surface area contributed by atoms with Crippen LogP contribution in [0.4, 0.5) is 0 Å². The van der Waals surface area contributed by atoms with E-state index in [-0.39, 0.29) is 48.6 Å². The van der Waals surface area contributed by atoms with Gasteiger partial charge in [-0.05, 0) is 29.8 Å². The first-order valence-electron chi connectivity index (χ1n) is 8.79. The second-order valence-electron chi connectivity index (χ2n) is 6.21. The summed E-state index contributed by atoms with van der Waals surface area (Å²) >= 11 is 1.55. The van der Waals surface area contributed by atoms with Crippen LogP contribution in [0.15, 0.2) is 48.5 Å². The number of methoxy groups -OCH3 is 1. The van der Waals surface area contributed by atoms with Gasteiger partial charge in [-0.1, -0.05) is 35.6 Å². The molecule has 0 aliphatic rings. The van der Waals surface area contributed by atoms with Crippen molar-refractivity contribution >= 4 is 49.7 Å². The van der Waals surface area contributed by atoms with Gasteiger partial charge in [0.1, 0.15) is 10.4 Å². The van der Waals surface area contributed by atoms with Crippen LogP contribution in [-0.2, 0) is 21.5 Å². The van der Waals surface area contributed by atoms with Crippen molar-refractivity contribution < 1.29 is 56.6 Å². The summed E-state index contributed by atoms with van der Waals surface area (Å²) in [7, 11) is -2.74. The summed E-state index contributed by atoms with van der Waals surface area (Å²) in [6.45, 7) is -0.185. The maximum absolute atomic E-state index is 12.3. The maximum atomic E-state index is 12.3. The number of hydrogen-bond donors (Lipinski definition) is 1. The molecule has 0 spiro atoms. The topological polar surface area (TPSA) is 99.4 Å². The van der Waals surface area contributed by atoms with E-state index in [2.05, 4.69) is 5.32 Å². The maximum Gasteiger partial charge on any atom is 1.00 e. The molecule has 3 aromatic rings. The molecule has 0 fully saturated rings. The summed E-state index contributed by atoms with van der Waals surface area (Å²) in [6.07, 6.45) is 3.88. The van der Waals surface area contributed by atoms with Gasteiger partial charge in [-0.2, -0.15) is 4.57 Å². The van der Waals surface area contributed by atoms with Gasteiger partial charge in [-0.3, -0.25) is 4.79 Å². The molecular weight excluding hydrogens is 435 g/mol. The fourth-order valence-corrected chi connectivity index (χ4v) is 4.15. The average Bonchev–Trinajstić information content (AvgIpc) is 3.03. The van der Waals surface area contributed by atoms with Gasteiger partial charge in [-0.25, -0.2) is 8.42 Å². The van der Waals surface area contributed by atoms with Crippen molar-refractivity contribution in [1.29, 1.82) is 0 Å². The van der Waals surface area contributed by atoms with Gasteiger partial charge in [0.15, 0.2) is 0 Å². The minimum atomic E-state index is -4.36. The summed E-state index contributed by atoms with van der Waals surface area (Å²) in [4.78, 5) is 12.3. The number of hydrogen-bond acceptors (Lipinski definition) is 6. The summed E-state index contributed by atoms with van der Waals surface area (Å²) in [5.41, 5.74) is 1.89. The Balaban J connectivity index is 0.00000320. The molecule has 0 aliphatic heterocycles. The molecule has 0 aliphatic carbocycles. The molecule has 0 bridgehead atoms. The van der Waals surface area contributed by atoms with E-state index < -0.39 is 15.9 Å². The molecule has 0 saturated heterocycles. The third-order valence-corrected chi connectivity index (χ3v) is 5.98. The van der Waals surface area contributed by atoms with Gasteiger partial charge >= 0.3 is 29.6 Å². The van der Waals surface area contributed by atoms with Crippen LogP contribution in [0.25, 0.3) is 22.4 Å². The number of rotatable bonds is 8. The molecule has 0 atom stereocenters. The second-order valence-corrected chi connectivity index (χ2v) is 8.80. The molecule has 7 nitrogen and oxygen atoms in total. The van der Waals surface area contributed by atoms with E-state index in [0.29, 0.717) is 0 Å². The molecule has 0 unspecified atom stereocenters. The minimum Gasteiger partial charge on any atom is -0.748 e. The molecule has 152 valence electrons. The van der Waals surface area contributed by atoms with Crippen molar-refractivity contribution in [3.05, 3.63) is 59.1 Å². The van der Waals surface area contributed by atoms with E-state index >= 15 is 0 Å². The Bertz CT molecular complexity index is 1140. The number of aromatic nitrogens is 1. The van der Waals surface area contributed by atoms with Crippen molar-refractivity contribution in [2.75, 3.05) is 19.4 Å². The quantitative estimate of drug-likeness (QED) is 0.268. The van der Waals surface area contributed by atoms with Crippen molar-refractivity contribution in [2.45, 2.75) is 6.54 Å². The number of para-hydroxylation sites is 1. The number of carbonyl (C=O) groups excluding carboxylic acids is 1. The van der Waals surface area contributed by atoms with Crippen molar-refractivity contribution in [1.82, 2.24) is 5.32 Å². The first-order valence-corrected chi connectivity index (χ1v) is 11.2. The molecule has 3 rings (SSSR count). The zero-order valence-corrected chi connectivity index (χ0v) is 20.3. The number of fused-ring (bicyclic) bond motifs is 1. The number of carbonyl (C=O) groups is 1. The van der Waals surface area contributed by atoms with Gasteiger partial charge in [0.25, 0.3) is 10.9 Å². The van der Waals surface area contributed by atoms with Crippen LogP contribution in [0.2, 0.25) is 0 Å². The van der Waals surface area contributed by atoms with Crippen LogP contribution >= 0.6 is 11.3 Å². The number of benzene rings is 2. The Morgan fingerprint density at radius 3 is 2.53 bits per heavy atom. The van der Waals surface area contributed by atoms with Gasteiger partial charge in [0, 0.05) is 18.7 Å². The fourth-order valence-electron chi connectivity index (χ4n) is 2.74. The zero-order valence-electron chi connectivity index (χ0n) is 16.7. The first kappa shape index (κ1) is 24.5. The van der Waals surface area contributed by atoms with Crippen molar-refractivity contribution in [3.63, 3.8) is 0 Å². The fraction of sp³-hybridized carbons (Fsp3) is 0.200. The van der Waals surface area contributed by atoms with E-state index in [0.717, 1.165) is 26.5 Å². The third-order valence-electron chi connectivity index (χ3n) is 4.15. The number of ether oxygens (including phenoxy) is 1. The number of thiazole rings is 1. The Labute approximate surface area is 201 Å². The molecule has 2 aromatic carbocycles. The number of nitrogens with zero attached hydrogens (tertiary/aromatic N) is 1. The second kappa shape index (κ2) is 11.0. The molecular formula is C20H20N2NaO5S2+. The van der Waals surface area contributed by atoms with Crippen LogP contribution < -0.4 is 44.2 Å². The molecule has 10 heteroatoms. The Kier molecular flexibility index (Phi) is 9.02. The Morgan fingerprint density at radius 2 is 1.87 bits per heavy atom. The summed E-state index contributed by atoms with van der Waals surface area (Å²) in [5, 5.41) is 3.35. The van der Waals surface area contributed by atoms with E-state index in [1.54, 1.807) is 18.4 Å². The van der Waals surface area contributed by atoms with Crippen LogP contribution in [0.3, 0.4) is 0 Å². The van der Waals surface area contributed by atoms with Crippen LogP contribution in [0.5, 0.6) is 5.75 Å². The molecule has 0 saturated carbocycles. The van der Waals surface area contributed by atoms with Gasteiger partial charge < -0.3 is 14.6 Å². The van der Waals surface area contributed by atoms with Gasteiger partial charge in [0.05, 0.1) is 23.0 Å². The molecule has 1 heterocycles. The normalized spacial score (nSPS) is 11.4. The summed E-state index contributed by atoms with van der Waals surface area (Å²) < 4.78 is 40.1. The van der Waals surface area contributed by atoms with Crippen LogP contribution in [-0.4, -0.2) is 38.3 Å². The average molecular weight is 456 g/mol. The van der Waals surface area contributed by atoms with E-state index in [1.165, 1.54) is 0 Å². The van der Waals surface area contributed by atoms with E-state index in [1.807, 2.05) is 65.3 Å². The van der Waals surface area contributed by atoms with E-state index in [4.69, 9.17) is 4.74 Å². The smallest absolute Gasteiger partial charge is 0.748 e. The van der Waals surface area contributed by atoms with E-state index in [9.17, 15) is 17.8 Å². The van der Waals surface area contributed by atoms with Crippen LogP contribution in [0, 0.1) is 0 Å². The van der Waals surface area contributed by atoms with Crippen LogP contribution in [0.1, 0.15) is 10.6 Å². The zero-order chi connectivity index (χ0) is 20.9. The number of nitrogens with one attached hydrogen (secondary N) is 1. The standard InChI is InChI=1S/C20H20N2O5S2.Na/c1-27-16-9-6-15(7-10-16)8-11-20-22(17-4-2-3-5-18(17)28-20)14-19(23)21-12-13-29(24,25)26;/h2-11H,12-14H2,1H3,(H-,21,23,24,25,26);/q;+1. The van der Waals surface area contributed by atoms with Gasteiger partial charge in [-0.15, -0.1) is 0 Å². The Hall–Kier alpha value is -1.75. The minimum absolute atomic E-state index is 0. The summed E-state index contributed by atoms with van der Waals surface area (Å²) in [5.74, 6) is -0.213. The monoisotopic (exact) mass is 455 g/mol. The Morgan fingerprint density at radius 1 is 1.17 bits per heavy atom. The van der Waals surface area contributed by atoms with Crippen molar-refractivity contribution in [2.24, 2.45) is 0 Å². The predicted molar refractivity (Wildman–Crippen MR) is 112 cm³/mol. The summed E-state index contributed by atoms with van der Waals surface area (Å²) in [6, 6.07) is 15.3. The van der Waals surface area contributed by atoms with Gasteiger partial charge in [0.2, 0.25) is 12.1 Å². The first-order chi connectivity index (χ1) is 13.9. The molecule has 1 aromatic heterocycles. The molecule has 1 N–H and O–H groups in total. The van der Waals surface area contributed by atoms with Crippen molar-refractivity contribution in [3.8, 4) is 5.75 Å².